The number of likely N-dealkylation sites (tertiary alicyclic amines) is 1. The fraction of sp³-hybridized carbons (Fsp3) is 0.444. The number of hydrogen-bond acceptors (Lipinski definition) is 5. The highest BCUT2D eigenvalue weighted by Crippen LogP contribution is 2.15. The molecule has 1 saturated heterocycles. The minimum Gasteiger partial charge on any atom is -0.476 e. The number of carbonyl (C=O) groups excluding carboxylic acids is 1. The molecular formula is C9H11N3O4. The van der Waals surface area contributed by atoms with Crippen LogP contribution in [-0.2, 0) is 4.79 Å². The summed E-state index contributed by atoms with van der Waals surface area (Å²) in [5.41, 5.74) is -0.179. The molecule has 16 heavy (non-hydrogen) atoms. The van der Waals surface area contributed by atoms with E-state index in [9.17, 15) is 9.59 Å². The van der Waals surface area contributed by atoms with Gasteiger partial charge in [0.05, 0.1) is 0 Å². The molecule has 1 atom stereocenters. The standard InChI is InChI=1S/C9H11N3O4/c1-12-3-2-5(7(12)13)10-9-11-6(4-16-9)8(14)15/h4-5H,2-3H2,1H3,(H,10,11)(H,14,15). The summed E-state index contributed by atoms with van der Waals surface area (Å²) in [6.07, 6.45) is 1.69. The van der Waals surface area contributed by atoms with Crippen LogP contribution in [0.4, 0.5) is 6.01 Å². The number of amides is 1. The van der Waals surface area contributed by atoms with Crippen LogP contribution in [0.1, 0.15) is 16.9 Å². The van der Waals surface area contributed by atoms with Crippen molar-refractivity contribution >= 4 is 17.9 Å². The zero-order valence-corrected chi connectivity index (χ0v) is 8.64. The summed E-state index contributed by atoms with van der Waals surface area (Å²) in [6.45, 7) is 0.670. The molecule has 2 heterocycles. The van der Waals surface area contributed by atoms with Crippen molar-refractivity contribution in [1.82, 2.24) is 9.88 Å². The molecule has 0 bridgehead atoms. The molecule has 2 rings (SSSR count). The van der Waals surface area contributed by atoms with Gasteiger partial charge in [0.2, 0.25) is 5.91 Å². The van der Waals surface area contributed by atoms with E-state index in [1.165, 1.54) is 0 Å². The molecule has 0 radical (unpaired) electrons. The quantitative estimate of drug-likeness (QED) is 0.752. The molecule has 7 heteroatoms. The fourth-order valence-corrected chi connectivity index (χ4v) is 1.54. The van der Waals surface area contributed by atoms with E-state index >= 15 is 0 Å². The zero-order chi connectivity index (χ0) is 11.7. The number of oxazole rings is 1. The van der Waals surface area contributed by atoms with E-state index in [0.29, 0.717) is 13.0 Å². The van der Waals surface area contributed by atoms with Crippen molar-refractivity contribution in [3.63, 3.8) is 0 Å². The Morgan fingerprint density at radius 2 is 2.50 bits per heavy atom. The highest BCUT2D eigenvalue weighted by Gasteiger charge is 2.30. The second kappa shape index (κ2) is 3.84. The lowest BCUT2D eigenvalue weighted by molar-refractivity contribution is -0.127. The predicted octanol–water partition coefficient (Wildman–Crippen LogP) is 0.0154. The third-order valence-electron chi connectivity index (χ3n) is 2.45. The van der Waals surface area contributed by atoms with Gasteiger partial charge in [0.25, 0.3) is 6.01 Å². The van der Waals surface area contributed by atoms with Gasteiger partial charge in [-0.15, -0.1) is 0 Å². The van der Waals surface area contributed by atoms with E-state index in [1.54, 1.807) is 11.9 Å². The van der Waals surface area contributed by atoms with E-state index in [2.05, 4.69) is 10.3 Å². The minimum absolute atomic E-state index is 0.0462. The number of aromatic nitrogens is 1. The van der Waals surface area contributed by atoms with Gasteiger partial charge in [-0.05, 0) is 6.42 Å². The number of carboxylic acid groups (broad SMARTS) is 1. The average molecular weight is 225 g/mol. The number of carboxylic acids is 1. The average Bonchev–Trinajstić information content (AvgIpc) is 2.81. The topological polar surface area (TPSA) is 95.7 Å². The van der Waals surface area contributed by atoms with Gasteiger partial charge < -0.3 is 19.7 Å². The first-order chi connectivity index (χ1) is 7.58. The molecule has 0 spiro atoms. The Labute approximate surface area is 91.1 Å². The second-order valence-electron chi connectivity index (χ2n) is 3.59. The number of rotatable bonds is 3. The maximum absolute atomic E-state index is 11.5. The van der Waals surface area contributed by atoms with E-state index in [4.69, 9.17) is 9.52 Å². The third kappa shape index (κ3) is 1.83. The van der Waals surface area contributed by atoms with E-state index < -0.39 is 5.97 Å². The molecule has 1 aliphatic heterocycles. The van der Waals surface area contributed by atoms with Crippen molar-refractivity contribution in [3.05, 3.63) is 12.0 Å². The molecule has 2 N–H and O–H groups in total. The maximum Gasteiger partial charge on any atom is 0.357 e. The lowest BCUT2D eigenvalue weighted by Crippen LogP contribution is -2.31. The monoisotopic (exact) mass is 225 g/mol. The SMILES string of the molecule is CN1CCC(Nc2nc(C(=O)O)co2)C1=O. The van der Waals surface area contributed by atoms with E-state index in [1.807, 2.05) is 0 Å². The van der Waals surface area contributed by atoms with Crippen molar-refractivity contribution in [3.8, 4) is 0 Å². The van der Waals surface area contributed by atoms with Gasteiger partial charge >= 0.3 is 5.97 Å². The highest BCUT2D eigenvalue weighted by atomic mass is 16.4. The normalized spacial score (nSPS) is 20.2. The predicted molar refractivity (Wildman–Crippen MR) is 53.1 cm³/mol. The van der Waals surface area contributed by atoms with E-state index in [0.717, 1.165) is 6.26 Å². The van der Waals surface area contributed by atoms with Crippen LogP contribution in [0.2, 0.25) is 0 Å². The van der Waals surface area contributed by atoms with Crippen molar-refractivity contribution in [2.45, 2.75) is 12.5 Å². The molecular weight excluding hydrogens is 214 g/mol. The van der Waals surface area contributed by atoms with Crippen molar-refractivity contribution in [2.75, 3.05) is 18.9 Å². The fourth-order valence-electron chi connectivity index (χ4n) is 1.54. The summed E-state index contributed by atoms with van der Waals surface area (Å²) in [7, 11) is 1.71. The Bertz CT molecular complexity index is 428. The van der Waals surface area contributed by atoms with Crippen LogP contribution in [-0.4, -0.2) is 46.5 Å². The number of likely N-dealkylation sites (N-methyl/N-ethyl adjacent to an activating group) is 1. The second-order valence-corrected chi connectivity index (χ2v) is 3.59. The van der Waals surface area contributed by atoms with Crippen LogP contribution >= 0.6 is 0 Å². The summed E-state index contributed by atoms with van der Waals surface area (Å²) >= 11 is 0. The number of carbonyl (C=O) groups is 2. The summed E-state index contributed by atoms with van der Waals surface area (Å²) in [5, 5.41) is 11.4. The summed E-state index contributed by atoms with van der Waals surface area (Å²) < 4.78 is 4.90. The van der Waals surface area contributed by atoms with Crippen LogP contribution < -0.4 is 5.32 Å². The molecule has 1 aliphatic rings. The van der Waals surface area contributed by atoms with Crippen molar-refractivity contribution in [2.24, 2.45) is 0 Å². The summed E-state index contributed by atoms with van der Waals surface area (Å²) in [4.78, 5) is 27.4. The van der Waals surface area contributed by atoms with Gasteiger partial charge in [0.1, 0.15) is 12.3 Å². The summed E-state index contributed by atoms with van der Waals surface area (Å²) in [6, 6.07) is -0.323. The molecule has 1 amide bonds. The number of hydrogen-bond donors (Lipinski definition) is 2. The Balaban J connectivity index is 2.04. The first kappa shape index (κ1) is 10.5. The first-order valence-electron chi connectivity index (χ1n) is 4.78. The molecule has 86 valence electrons. The van der Waals surface area contributed by atoms with E-state index in [-0.39, 0.29) is 23.7 Å². The Morgan fingerprint density at radius 1 is 1.75 bits per heavy atom. The van der Waals surface area contributed by atoms with Crippen LogP contribution in [0.3, 0.4) is 0 Å². The number of aromatic carboxylic acids is 1. The lowest BCUT2D eigenvalue weighted by Gasteiger charge is -2.09. The smallest absolute Gasteiger partial charge is 0.357 e. The van der Waals surface area contributed by atoms with Crippen molar-refractivity contribution in [1.29, 1.82) is 0 Å². The van der Waals surface area contributed by atoms with Gasteiger partial charge in [-0.25, -0.2) is 4.79 Å². The van der Waals surface area contributed by atoms with Gasteiger partial charge in [-0.2, -0.15) is 4.98 Å². The van der Waals surface area contributed by atoms with Gasteiger partial charge in [-0.1, -0.05) is 0 Å². The first-order valence-corrected chi connectivity index (χ1v) is 4.78. The molecule has 1 fully saturated rings. The van der Waals surface area contributed by atoms with Crippen molar-refractivity contribution < 1.29 is 19.1 Å². The van der Waals surface area contributed by atoms with Crippen LogP contribution in [0.5, 0.6) is 0 Å². The van der Waals surface area contributed by atoms with Gasteiger partial charge in [0.15, 0.2) is 5.69 Å². The molecule has 0 aliphatic carbocycles. The number of anilines is 1. The summed E-state index contributed by atoms with van der Waals surface area (Å²) in [5.74, 6) is -1.21. The Kier molecular flexibility index (Phi) is 2.51. The largest absolute Gasteiger partial charge is 0.476 e. The zero-order valence-electron chi connectivity index (χ0n) is 8.64. The minimum atomic E-state index is -1.16. The molecule has 1 aromatic heterocycles. The third-order valence-corrected chi connectivity index (χ3v) is 2.45. The van der Waals surface area contributed by atoms with Crippen LogP contribution in [0.15, 0.2) is 10.7 Å². The Hall–Kier alpha value is -2.05. The highest BCUT2D eigenvalue weighted by molar-refractivity contribution is 5.87. The number of nitrogens with zero attached hydrogens (tertiary/aromatic N) is 2. The van der Waals surface area contributed by atoms with Gasteiger partial charge in [-0.3, -0.25) is 4.79 Å². The molecule has 0 saturated carbocycles. The lowest BCUT2D eigenvalue weighted by atomic mass is 10.2. The van der Waals surface area contributed by atoms with Gasteiger partial charge in [0, 0.05) is 13.6 Å². The van der Waals surface area contributed by atoms with Crippen LogP contribution in [0, 0.1) is 0 Å². The molecule has 1 unspecified atom stereocenters. The molecule has 1 aromatic rings. The molecule has 7 nitrogen and oxygen atoms in total. The maximum atomic E-state index is 11.5. The number of nitrogens with one attached hydrogen (secondary N) is 1. The molecule has 0 aromatic carbocycles. The van der Waals surface area contributed by atoms with Crippen LogP contribution in [0.25, 0.3) is 0 Å². The Morgan fingerprint density at radius 3 is 3.00 bits per heavy atom.